The minimum Gasteiger partial charge on any atom is -0.496 e. The SMILES string of the molecule is CNC(=O)NC(=O)CN(C)CCc1ccccc1OC. The molecule has 1 aromatic rings. The predicted molar refractivity (Wildman–Crippen MR) is 76.8 cm³/mol. The number of urea groups is 1. The van der Waals surface area contributed by atoms with Gasteiger partial charge in [0.15, 0.2) is 0 Å². The second-order valence-corrected chi connectivity index (χ2v) is 4.43. The number of hydrogen-bond donors (Lipinski definition) is 2. The van der Waals surface area contributed by atoms with Crippen LogP contribution < -0.4 is 15.4 Å². The van der Waals surface area contributed by atoms with E-state index in [1.54, 1.807) is 7.11 Å². The van der Waals surface area contributed by atoms with E-state index >= 15 is 0 Å². The Morgan fingerprint density at radius 2 is 2.00 bits per heavy atom. The molecule has 110 valence electrons. The van der Waals surface area contributed by atoms with Crippen LogP contribution in [-0.4, -0.2) is 51.1 Å². The van der Waals surface area contributed by atoms with Gasteiger partial charge in [-0.15, -0.1) is 0 Å². The molecular weight excluding hydrogens is 258 g/mol. The van der Waals surface area contributed by atoms with Crippen LogP contribution in [0.5, 0.6) is 5.75 Å². The molecule has 0 aliphatic heterocycles. The van der Waals surface area contributed by atoms with Crippen molar-refractivity contribution in [3.05, 3.63) is 29.8 Å². The molecule has 0 aliphatic carbocycles. The molecule has 0 aliphatic rings. The first kappa shape index (κ1) is 16.0. The summed E-state index contributed by atoms with van der Waals surface area (Å²) in [6.07, 6.45) is 0.772. The molecule has 6 heteroatoms. The third-order valence-corrected chi connectivity index (χ3v) is 2.85. The van der Waals surface area contributed by atoms with Gasteiger partial charge >= 0.3 is 6.03 Å². The van der Waals surface area contributed by atoms with Gasteiger partial charge in [-0.25, -0.2) is 4.79 Å². The van der Waals surface area contributed by atoms with Crippen LogP contribution in [0.4, 0.5) is 4.79 Å². The average molecular weight is 279 g/mol. The largest absolute Gasteiger partial charge is 0.496 e. The fraction of sp³-hybridized carbons (Fsp3) is 0.429. The number of benzene rings is 1. The van der Waals surface area contributed by atoms with E-state index in [1.807, 2.05) is 36.2 Å². The van der Waals surface area contributed by atoms with Crippen molar-refractivity contribution in [1.82, 2.24) is 15.5 Å². The number of likely N-dealkylation sites (N-methyl/N-ethyl adjacent to an activating group) is 1. The summed E-state index contributed by atoms with van der Waals surface area (Å²) < 4.78 is 5.28. The van der Waals surface area contributed by atoms with Gasteiger partial charge in [-0.3, -0.25) is 15.0 Å². The summed E-state index contributed by atoms with van der Waals surface area (Å²) in [5.74, 6) is 0.516. The molecule has 0 aromatic heterocycles. The Bertz CT molecular complexity index is 463. The quantitative estimate of drug-likeness (QED) is 0.801. The van der Waals surface area contributed by atoms with E-state index in [0.29, 0.717) is 6.54 Å². The first-order valence-corrected chi connectivity index (χ1v) is 6.38. The topological polar surface area (TPSA) is 70.7 Å². The molecule has 0 heterocycles. The highest BCUT2D eigenvalue weighted by Gasteiger charge is 2.10. The Hall–Kier alpha value is -2.08. The number of amides is 3. The highest BCUT2D eigenvalue weighted by Crippen LogP contribution is 2.17. The van der Waals surface area contributed by atoms with Gasteiger partial charge in [0.1, 0.15) is 5.75 Å². The number of imide groups is 1. The first-order chi connectivity index (χ1) is 9.56. The Labute approximate surface area is 119 Å². The maximum absolute atomic E-state index is 11.5. The van der Waals surface area contributed by atoms with E-state index < -0.39 is 6.03 Å². The molecule has 0 unspecified atom stereocenters. The number of hydrogen-bond acceptors (Lipinski definition) is 4. The summed E-state index contributed by atoms with van der Waals surface area (Å²) in [6.45, 7) is 0.865. The number of rotatable bonds is 6. The van der Waals surface area contributed by atoms with Gasteiger partial charge in [-0.1, -0.05) is 18.2 Å². The zero-order chi connectivity index (χ0) is 15.0. The molecule has 0 saturated carbocycles. The number of para-hydroxylation sites is 1. The summed E-state index contributed by atoms with van der Waals surface area (Å²) in [4.78, 5) is 24.4. The molecule has 0 fully saturated rings. The average Bonchev–Trinajstić information content (AvgIpc) is 2.45. The van der Waals surface area contributed by atoms with E-state index in [-0.39, 0.29) is 12.5 Å². The maximum Gasteiger partial charge on any atom is 0.321 e. The lowest BCUT2D eigenvalue weighted by molar-refractivity contribution is -0.120. The van der Waals surface area contributed by atoms with Gasteiger partial charge < -0.3 is 10.1 Å². The third-order valence-electron chi connectivity index (χ3n) is 2.85. The van der Waals surface area contributed by atoms with Crippen molar-refractivity contribution in [2.45, 2.75) is 6.42 Å². The Morgan fingerprint density at radius 3 is 2.65 bits per heavy atom. The van der Waals surface area contributed by atoms with Crippen LogP contribution in [-0.2, 0) is 11.2 Å². The predicted octanol–water partition coefficient (Wildman–Crippen LogP) is 0.625. The molecule has 0 spiro atoms. The maximum atomic E-state index is 11.5. The van der Waals surface area contributed by atoms with E-state index in [9.17, 15) is 9.59 Å². The van der Waals surface area contributed by atoms with E-state index in [0.717, 1.165) is 17.7 Å². The number of nitrogens with one attached hydrogen (secondary N) is 2. The van der Waals surface area contributed by atoms with Gasteiger partial charge in [-0.05, 0) is 25.1 Å². The molecule has 1 rings (SSSR count). The van der Waals surface area contributed by atoms with Crippen LogP contribution in [0.15, 0.2) is 24.3 Å². The minimum atomic E-state index is -0.492. The van der Waals surface area contributed by atoms with Crippen LogP contribution in [0, 0.1) is 0 Å². The fourth-order valence-corrected chi connectivity index (χ4v) is 1.77. The number of nitrogens with zero attached hydrogens (tertiary/aromatic N) is 1. The van der Waals surface area contributed by atoms with Crippen LogP contribution in [0.1, 0.15) is 5.56 Å². The first-order valence-electron chi connectivity index (χ1n) is 6.38. The molecule has 0 atom stereocenters. The summed E-state index contributed by atoms with van der Waals surface area (Å²) >= 11 is 0. The highest BCUT2D eigenvalue weighted by atomic mass is 16.5. The van der Waals surface area contributed by atoms with Crippen molar-refractivity contribution >= 4 is 11.9 Å². The van der Waals surface area contributed by atoms with E-state index in [4.69, 9.17) is 4.74 Å². The van der Waals surface area contributed by atoms with Crippen molar-refractivity contribution in [1.29, 1.82) is 0 Å². The molecule has 0 radical (unpaired) electrons. The molecule has 0 saturated heterocycles. The number of ether oxygens (including phenoxy) is 1. The standard InChI is InChI=1S/C14H21N3O3/c1-15-14(19)16-13(18)10-17(2)9-8-11-6-4-5-7-12(11)20-3/h4-7H,8-10H2,1-3H3,(H2,15,16,18,19). The molecule has 1 aromatic carbocycles. The molecule has 6 nitrogen and oxygen atoms in total. The Kier molecular flexibility index (Phi) is 6.52. The molecule has 0 bridgehead atoms. The van der Waals surface area contributed by atoms with Crippen LogP contribution in [0.3, 0.4) is 0 Å². The lowest BCUT2D eigenvalue weighted by Gasteiger charge is -2.16. The molecule has 20 heavy (non-hydrogen) atoms. The van der Waals surface area contributed by atoms with Crippen molar-refractivity contribution < 1.29 is 14.3 Å². The second kappa shape index (κ2) is 8.16. The Balaban J connectivity index is 2.41. The second-order valence-electron chi connectivity index (χ2n) is 4.43. The Morgan fingerprint density at radius 1 is 1.30 bits per heavy atom. The summed E-state index contributed by atoms with van der Waals surface area (Å²) in [6, 6.07) is 7.29. The monoisotopic (exact) mass is 279 g/mol. The fourth-order valence-electron chi connectivity index (χ4n) is 1.77. The van der Waals surface area contributed by atoms with Crippen molar-refractivity contribution in [3.8, 4) is 5.75 Å². The highest BCUT2D eigenvalue weighted by molar-refractivity contribution is 5.95. The van der Waals surface area contributed by atoms with Crippen LogP contribution in [0.25, 0.3) is 0 Å². The molecule has 3 amide bonds. The van der Waals surface area contributed by atoms with Crippen molar-refractivity contribution in [2.75, 3.05) is 34.3 Å². The number of methoxy groups -OCH3 is 1. The van der Waals surface area contributed by atoms with E-state index in [2.05, 4.69) is 10.6 Å². The normalized spacial score (nSPS) is 10.2. The van der Waals surface area contributed by atoms with Gasteiger partial charge in [0.25, 0.3) is 0 Å². The summed E-state index contributed by atoms with van der Waals surface area (Å²) in [5.41, 5.74) is 1.09. The van der Waals surface area contributed by atoms with Gasteiger partial charge in [0.05, 0.1) is 13.7 Å². The van der Waals surface area contributed by atoms with Gasteiger partial charge in [-0.2, -0.15) is 0 Å². The summed E-state index contributed by atoms with van der Waals surface area (Å²) in [5, 5.41) is 4.56. The third kappa shape index (κ3) is 5.27. The lowest BCUT2D eigenvalue weighted by Crippen LogP contribution is -2.42. The zero-order valence-corrected chi connectivity index (χ0v) is 12.1. The van der Waals surface area contributed by atoms with Gasteiger partial charge in [0, 0.05) is 13.6 Å². The molecular formula is C14H21N3O3. The summed E-state index contributed by atoms with van der Waals surface area (Å²) in [7, 11) is 4.94. The van der Waals surface area contributed by atoms with Crippen molar-refractivity contribution in [2.24, 2.45) is 0 Å². The van der Waals surface area contributed by atoms with Gasteiger partial charge in [0.2, 0.25) is 5.91 Å². The number of carbonyl (C=O) groups is 2. The minimum absolute atomic E-state index is 0.169. The smallest absolute Gasteiger partial charge is 0.321 e. The van der Waals surface area contributed by atoms with Crippen LogP contribution in [0.2, 0.25) is 0 Å². The van der Waals surface area contributed by atoms with Crippen molar-refractivity contribution in [3.63, 3.8) is 0 Å². The number of carbonyl (C=O) groups excluding carboxylic acids is 2. The lowest BCUT2D eigenvalue weighted by atomic mass is 10.1. The van der Waals surface area contributed by atoms with E-state index in [1.165, 1.54) is 7.05 Å². The zero-order valence-electron chi connectivity index (χ0n) is 12.1. The van der Waals surface area contributed by atoms with Crippen LogP contribution >= 0.6 is 0 Å². The molecule has 2 N–H and O–H groups in total.